The van der Waals surface area contributed by atoms with Gasteiger partial charge in [-0.05, 0) is 35.9 Å². The van der Waals surface area contributed by atoms with Crippen LogP contribution in [0.5, 0.6) is 0 Å². The maximum Gasteiger partial charge on any atom is 0.281 e. The van der Waals surface area contributed by atoms with Gasteiger partial charge in [0.15, 0.2) is 0 Å². The predicted octanol–water partition coefficient (Wildman–Crippen LogP) is 3.86. The van der Waals surface area contributed by atoms with E-state index in [4.69, 9.17) is 5.73 Å². The lowest BCUT2D eigenvalue weighted by Gasteiger charge is -2.21. The second-order valence-electron chi connectivity index (χ2n) is 5.66. The minimum absolute atomic E-state index is 0.00988. The first-order valence-electron chi connectivity index (χ1n) is 8.18. The summed E-state index contributed by atoms with van der Waals surface area (Å²) >= 11 is 0. The molecule has 0 radical (unpaired) electrons. The maximum atomic E-state index is 13.0. The van der Waals surface area contributed by atoms with Gasteiger partial charge in [0.05, 0.1) is 11.4 Å². The lowest BCUT2D eigenvalue weighted by molar-refractivity contribution is -0.114. The van der Waals surface area contributed by atoms with E-state index in [9.17, 15) is 9.59 Å². The molecular weight excluding hydrogens is 324 g/mol. The van der Waals surface area contributed by atoms with Crippen LogP contribution in [0.4, 0.5) is 5.69 Å². The minimum Gasteiger partial charge on any atom is -0.394 e. The van der Waals surface area contributed by atoms with Gasteiger partial charge in [0, 0.05) is 5.56 Å². The largest absolute Gasteiger partial charge is 0.394 e. The van der Waals surface area contributed by atoms with Crippen molar-refractivity contribution in [2.45, 2.75) is 0 Å². The van der Waals surface area contributed by atoms with Crippen LogP contribution in [0.2, 0.25) is 0 Å². The lowest BCUT2D eigenvalue weighted by atomic mass is 10.1. The minimum atomic E-state index is -0.561. The average Bonchev–Trinajstić information content (AvgIpc) is 2.70. The van der Waals surface area contributed by atoms with Crippen molar-refractivity contribution in [3.05, 3.63) is 108 Å². The Morgan fingerprint density at radius 1 is 0.731 bits per heavy atom. The predicted molar refractivity (Wildman–Crippen MR) is 103 cm³/mol. The third-order valence-electron chi connectivity index (χ3n) is 3.81. The van der Waals surface area contributed by atoms with Crippen molar-refractivity contribution in [3.63, 3.8) is 0 Å². The van der Waals surface area contributed by atoms with Gasteiger partial charge in [0.2, 0.25) is 0 Å². The van der Waals surface area contributed by atoms with Crippen LogP contribution in [0.1, 0.15) is 15.9 Å². The molecule has 26 heavy (non-hydrogen) atoms. The SMILES string of the molecule is NC(=Cc1ccccc1)C(=O)N(C(=O)c1ccccc1)c1ccccc1. The molecule has 0 spiro atoms. The number of hydrogen-bond donors (Lipinski definition) is 1. The number of benzene rings is 3. The summed E-state index contributed by atoms with van der Waals surface area (Å²) < 4.78 is 0. The molecule has 0 fully saturated rings. The van der Waals surface area contributed by atoms with Crippen LogP contribution in [0.3, 0.4) is 0 Å². The third-order valence-corrected chi connectivity index (χ3v) is 3.81. The molecule has 0 saturated heterocycles. The molecule has 2 N–H and O–H groups in total. The smallest absolute Gasteiger partial charge is 0.281 e. The average molecular weight is 342 g/mol. The highest BCUT2D eigenvalue weighted by atomic mass is 16.2. The van der Waals surface area contributed by atoms with Crippen LogP contribution in [0.15, 0.2) is 96.7 Å². The first-order chi connectivity index (χ1) is 12.7. The topological polar surface area (TPSA) is 63.4 Å². The molecule has 0 saturated carbocycles. The molecule has 0 bridgehead atoms. The van der Waals surface area contributed by atoms with Gasteiger partial charge in [-0.1, -0.05) is 66.7 Å². The molecule has 128 valence electrons. The van der Waals surface area contributed by atoms with E-state index in [2.05, 4.69) is 0 Å². The molecule has 4 heteroatoms. The molecule has 0 aromatic heterocycles. The van der Waals surface area contributed by atoms with Crippen molar-refractivity contribution >= 4 is 23.6 Å². The highest BCUT2D eigenvalue weighted by Gasteiger charge is 2.26. The quantitative estimate of drug-likeness (QED) is 0.732. The molecule has 3 aromatic rings. The lowest BCUT2D eigenvalue weighted by Crippen LogP contribution is -2.39. The van der Waals surface area contributed by atoms with Crippen molar-refractivity contribution in [2.24, 2.45) is 5.73 Å². The fraction of sp³-hybridized carbons (Fsp3) is 0. The fourth-order valence-electron chi connectivity index (χ4n) is 2.53. The molecule has 0 aliphatic rings. The molecular formula is C22H18N2O2. The summed E-state index contributed by atoms with van der Waals surface area (Å²) in [7, 11) is 0. The summed E-state index contributed by atoms with van der Waals surface area (Å²) in [6, 6.07) is 26.7. The zero-order chi connectivity index (χ0) is 18.4. The summed E-state index contributed by atoms with van der Waals surface area (Å²) in [6.45, 7) is 0. The Hall–Kier alpha value is -3.66. The first-order valence-corrected chi connectivity index (χ1v) is 8.18. The van der Waals surface area contributed by atoms with Gasteiger partial charge >= 0.3 is 0 Å². The standard InChI is InChI=1S/C22H18N2O2/c23-20(16-17-10-4-1-5-11-17)22(26)24(19-14-8-3-9-15-19)21(25)18-12-6-2-7-13-18/h1-16H,23H2. The zero-order valence-electron chi connectivity index (χ0n) is 14.1. The number of carbonyl (C=O) groups is 2. The van der Waals surface area contributed by atoms with Gasteiger partial charge in [0.1, 0.15) is 0 Å². The Labute approximate surface area is 152 Å². The van der Waals surface area contributed by atoms with Crippen LogP contribution < -0.4 is 10.6 Å². The van der Waals surface area contributed by atoms with Gasteiger partial charge in [-0.15, -0.1) is 0 Å². The van der Waals surface area contributed by atoms with E-state index in [0.29, 0.717) is 11.3 Å². The Morgan fingerprint density at radius 2 is 1.23 bits per heavy atom. The third kappa shape index (κ3) is 3.87. The van der Waals surface area contributed by atoms with E-state index < -0.39 is 11.8 Å². The zero-order valence-corrected chi connectivity index (χ0v) is 14.1. The fourth-order valence-corrected chi connectivity index (χ4v) is 2.53. The number of carbonyl (C=O) groups excluding carboxylic acids is 2. The van der Waals surface area contributed by atoms with Crippen molar-refractivity contribution < 1.29 is 9.59 Å². The van der Waals surface area contributed by atoms with Crippen molar-refractivity contribution in [1.29, 1.82) is 0 Å². The first kappa shape index (κ1) is 17.2. The summed E-state index contributed by atoms with van der Waals surface area (Å²) in [6.07, 6.45) is 1.57. The van der Waals surface area contributed by atoms with E-state index in [1.54, 1.807) is 54.6 Å². The number of para-hydroxylation sites is 1. The van der Waals surface area contributed by atoms with Crippen LogP contribution in [0.25, 0.3) is 6.08 Å². The number of anilines is 1. The number of nitrogens with two attached hydrogens (primary N) is 1. The van der Waals surface area contributed by atoms with Crippen molar-refractivity contribution in [2.75, 3.05) is 4.90 Å². The van der Waals surface area contributed by atoms with E-state index in [1.165, 1.54) is 0 Å². The monoisotopic (exact) mass is 342 g/mol. The van der Waals surface area contributed by atoms with E-state index in [1.807, 2.05) is 42.5 Å². The second kappa shape index (κ2) is 7.94. The Kier molecular flexibility index (Phi) is 5.25. The van der Waals surface area contributed by atoms with Crippen molar-refractivity contribution in [1.82, 2.24) is 0 Å². The van der Waals surface area contributed by atoms with E-state index >= 15 is 0 Å². The maximum absolute atomic E-state index is 13.0. The van der Waals surface area contributed by atoms with Crippen LogP contribution in [0, 0.1) is 0 Å². The summed E-state index contributed by atoms with van der Waals surface area (Å²) in [5.41, 5.74) is 7.68. The second-order valence-corrected chi connectivity index (χ2v) is 5.66. The van der Waals surface area contributed by atoms with Gasteiger partial charge in [-0.3, -0.25) is 9.59 Å². The number of rotatable bonds is 4. The molecule has 0 aliphatic carbocycles. The van der Waals surface area contributed by atoms with E-state index in [0.717, 1.165) is 10.5 Å². The molecule has 2 amide bonds. The number of amides is 2. The van der Waals surface area contributed by atoms with Gasteiger partial charge in [0.25, 0.3) is 11.8 Å². The van der Waals surface area contributed by atoms with Crippen LogP contribution in [-0.2, 0) is 4.79 Å². The number of nitrogens with zero attached hydrogens (tertiary/aromatic N) is 1. The highest BCUT2D eigenvalue weighted by Crippen LogP contribution is 2.19. The molecule has 0 aliphatic heterocycles. The van der Waals surface area contributed by atoms with Gasteiger partial charge in [-0.2, -0.15) is 0 Å². The van der Waals surface area contributed by atoms with Crippen LogP contribution >= 0.6 is 0 Å². The number of hydrogen-bond acceptors (Lipinski definition) is 3. The summed E-state index contributed by atoms with van der Waals surface area (Å²) in [5.74, 6) is -0.986. The molecule has 0 heterocycles. The normalized spacial score (nSPS) is 11.0. The molecule has 4 nitrogen and oxygen atoms in total. The molecule has 3 rings (SSSR count). The van der Waals surface area contributed by atoms with Crippen molar-refractivity contribution in [3.8, 4) is 0 Å². The molecule has 0 unspecified atom stereocenters. The Morgan fingerprint density at radius 3 is 1.81 bits per heavy atom. The van der Waals surface area contributed by atoms with Gasteiger partial charge in [-0.25, -0.2) is 4.90 Å². The molecule has 0 atom stereocenters. The van der Waals surface area contributed by atoms with Crippen LogP contribution in [-0.4, -0.2) is 11.8 Å². The Bertz CT molecular complexity index is 920. The highest BCUT2D eigenvalue weighted by molar-refractivity contribution is 6.26. The summed E-state index contributed by atoms with van der Waals surface area (Å²) in [4.78, 5) is 27.0. The van der Waals surface area contributed by atoms with E-state index in [-0.39, 0.29) is 5.70 Å². The summed E-state index contributed by atoms with van der Waals surface area (Å²) in [5, 5.41) is 0. The van der Waals surface area contributed by atoms with Gasteiger partial charge < -0.3 is 5.73 Å². The Balaban J connectivity index is 1.99. The molecule has 3 aromatic carbocycles. The number of imide groups is 1.